The predicted molar refractivity (Wildman–Crippen MR) is 104 cm³/mol. The van der Waals surface area contributed by atoms with Crippen LogP contribution in [-0.2, 0) is 13.1 Å². The lowest BCUT2D eigenvalue weighted by Crippen LogP contribution is -2.24. The van der Waals surface area contributed by atoms with Crippen LogP contribution in [0.4, 0.5) is 0 Å². The predicted octanol–water partition coefficient (Wildman–Crippen LogP) is 2.79. The third kappa shape index (κ3) is 5.09. The first-order valence-electron chi connectivity index (χ1n) is 8.95. The molecule has 0 bridgehead atoms. The molecule has 0 saturated heterocycles. The number of imidazole rings is 1. The molecule has 6 nitrogen and oxygen atoms in total. The van der Waals surface area contributed by atoms with Gasteiger partial charge in [-0.05, 0) is 11.6 Å². The Labute approximate surface area is 159 Å². The van der Waals surface area contributed by atoms with Crippen LogP contribution >= 0.6 is 0 Å². The van der Waals surface area contributed by atoms with Crippen molar-refractivity contribution in [2.24, 2.45) is 0 Å². The molecule has 0 unspecified atom stereocenters. The van der Waals surface area contributed by atoms with Gasteiger partial charge in [-0.15, -0.1) is 0 Å². The highest BCUT2D eigenvalue weighted by Crippen LogP contribution is 2.31. The van der Waals surface area contributed by atoms with Crippen molar-refractivity contribution in [2.75, 3.05) is 20.3 Å². The van der Waals surface area contributed by atoms with Crippen LogP contribution in [0.5, 0.6) is 11.5 Å². The number of aliphatic hydroxyl groups excluding tert-OH is 1. The third-order valence-electron chi connectivity index (χ3n) is 4.36. The van der Waals surface area contributed by atoms with Crippen LogP contribution in [0.25, 0.3) is 0 Å². The lowest BCUT2D eigenvalue weighted by Gasteiger charge is -2.19. The zero-order valence-electron chi connectivity index (χ0n) is 15.4. The Hall–Kier alpha value is -2.83. The van der Waals surface area contributed by atoms with Crippen molar-refractivity contribution < 1.29 is 14.6 Å². The topological polar surface area (TPSA) is 68.5 Å². The van der Waals surface area contributed by atoms with E-state index in [0.717, 1.165) is 16.9 Å². The van der Waals surface area contributed by atoms with Gasteiger partial charge in [-0.2, -0.15) is 0 Å². The molecule has 1 aromatic heterocycles. The van der Waals surface area contributed by atoms with Gasteiger partial charge in [0.25, 0.3) is 0 Å². The van der Waals surface area contributed by atoms with Gasteiger partial charge in [-0.1, -0.05) is 42.5 Å². The zero-order valence-corrected chi connectivity index (χ0v) is 15.4. The van der Waals surface area contributed by atoms with E-state index in [2.05, 4.69) is 10.3 Å². The molecule has 0 fully saturated rings. The maximum absolute atomic E-state index is 9.75. The van der Waals surface area contributed by atoms with E-state index in [9.17, 15) is 5.11 Å². The number of hydrogen-bond acceptors (Lipinski definition) is 5. The van der Waals surface area contributed by atoms with Crippen LogP contribution in [0.3, 0.4) is 0 Å². The number of nitrogens with zero attached hydrogens (tertiary/aromatic N) is 2. The molecule has 0 spiro atoms. The number of methoxy groups -OCH3 is 1. The fourth-order valence-electron chi connectivity index (χ4n) is 2.90. The molecule has 6 heteroatoms. The Morgan fingerprint density at radius 1 is 1.15 bits per heavy atom. The molecule has 0 saturated carbocycles. The number of nitrogens with one attached hydrogen (secondary N) is 1. The van der Waals surface area contributed by atoms with Gasteiger partial charge in [0.2, 0.25) is 0 Å². The Balaban J connectivity index is 1.68. The minimum absolute atomic E-state index is 0.0187. The molecule has 2 N–H and O–H groups in total. The standard InChI is InChI=1S/C21H25N3O3/c1-26-20-9-5-8-18(21(20)27-13-12-24-11-10-22-16-24)14-23-19(15-25)17-6-3-2-4-7-17/h2-11,16,19,23,25H,12-15H2,1H3/t19-/m0/s1. The van der Waals surface area contributed by atoms with Crippen LogP contribution in [0, 0.1) is 0 Å². The molecule has 3 aromatic rings. The summed E-state index contributed by atoms with van der Waals surface area (Å²) in [6.45, 7) is 1.78. The lowest BCUT2D eigenvalue weighted by atomic mass is 10.1. The van der Waals surface area contributed by atoms with Crippen molar-refractivity contribution in [3.8, 4) is 11.5 Å². The summed E-state index contributed by atoms with van der Waals surface area (Å²) < 4.78 is 13.5. The first-order chi connectivity index (χ1) is 13.3. The van der Waals surface area contributed by atoms with Crippen molar-refractivity contribution in [3.05, 3.63) is 78.4 Å². The van der Waals surface area contributed by atoms with Gasteiger partial charge in [-0.3, -0.25) is 0 Å². The van der Waals surface area contributed by atoms with E-state index in [1.165, 1.54) is 0 Å². The van der Waals surface area contributed by atoms with Gasteiger partial charge in [0.1, 0.15) is 6.61 Å². The first-order valence-corrected chi connectivity index (χ1v) is 8.95. The third-order valence-corrected chi connectivity index (χ3v) is 4.36. The molecule has 0 radical (unpaired) electrons. The van der Waals surface area contributed by atoms with Gasteiger partial charge in [-0.25, -0.2) is 4.98 Å². The number of benzene rings is 2. The summed E-state index contributed by atoms with van der Waals surface area (Å²) in [6, 6.07) is 15.6. The summed E-state index contributed by atoms with van der Waals surface area (Å²) in [5.74, 6) is 1.41. The number of rotatable bonds is 10. The highest BCUT2D eigenvalue weighted by molar-refractivity contribution is 5.46. The highest BCUT2D eigenvalue weighted by atomic mass is 16.5. The first kappa shape index (κ1) is 18.9. The van der Waals surface area contributed by atoms with E-state index in [4.69, 9.17) is 9.47 Å². The number of hydrogen-bond donors (Lipinski definition) is 2. The molecule has 0 amide bonds. The number of ether oxygens (including phenoxy) is 2. The van der Waals surface area contributed by atoms with Crippen molar-refractivity contribution >= 4 is 0 Å². The Bertz CT molecular complexity index is 807. The van der Waals surface area contributed by atoms with E-state index in [0.29, 0.717) is 25.4 Å². The second-order valence-electron chi connectivity index (χ2n) is 6.12. The summed E-state index contributed by atoms with van der Waals surface area (Å²) in [7, 11) is 1.63. The van der Waals surface area contributed by atoms with Gasteiger partial charge in [0.05, 0.1) is 32.6 Å². The Morgan fingerprint density at radius 2 is 2.00 bits per heavy atom. The molecule has 0 aliphatic rings. The van der Waals surface area contributed by atoms with E-state index < -0.39 is 0 Å². The van der Waals surface area contributed by atoms with Gasteiger partial charge in [0.15, 0.2) is 11.5 Å². The number of para-hydroxylation sites is 1. The van der Waals surface area contributed by atoms with E-state index in [1.54, 1.807) is 19.6 Å². The van der Waals surface area contributed by atoms with Crippen LogP contribution in [0.1, 0.15) is 17.2 Å². The molecular weight excluding hydrogens is 342 g/mol. The summed E-state index contributed by atoms with van der Waals surface area (Å²) in [5, 5.41) is 13.1. The summed E-state index contributed by atoms with van der Waals surface area (Å²) >= 11 is 0. The average Bonchev–Trinajstić information content (AvgIpc) is 3.23. The van der Waals surface area contributed by atoms with Crippen molar-refractivity contribution in [1.29, 1.82) is 0 Å². The van der Waals surface area contributed by atoms with E-state index in [-0.39, 0.29) is 12.6 Å². The maximum Gasteiger partial charge on any atom is 0.165 e. The Kier molecular flexibility index (Phi) is 6.84. The quantitative estimate of drug-likeness (QED) is 0.577. The van der Waals surface area contributed by atoms with Crippen molar-refractivity contribution in [3.63, 3.8) is 0 Å². The minimum atomic E-state index is -0.142. The minimum Gasteiger partial charge on any atom is -0.493 e. The highest BCUT2D eigenvalue weighted by Gasteiger charge is 2.14. The molecule has 3 rings (SSSR count). The molecular formula is C21H25N3O3. The lowest BCUT2D eigenvalue weighted by molar-refractivity contribution is 0.241. The van der Waals surface area contributed by atoms with E-state index >= 15 is 0 Å². The van der Waals surface area contributed by atoms with Crippen LogP contribution in [0.2, 0.25) is 0 Å². The van der Waals surface area contributed by atoms with Crippen LogP contribution < -0.4 is 14.8 Å². The summed E-state index contributed by atoms with van der Waals surface area (Å²) in [4.78, 5) is 4.04. The van der Waals surface area contributed by atoms with Crippen LogP contribution in [0.15, 0.2) is 67.3 Å². The van der Waals surface area contributed by atoms with Gasteiger partial charge < -0.3 is 24.5 Å². The van der Waals surface area contributed by atoms with Gasteiger partial charge >= 0.3 is 0 Å². The molecule has 0 aliphatic heterocycles. The SMILES string of the molecule is COc1cccc(CN[C@@H](CO)c2ccccc2)c1OCCn1ccnc1. The second kappa shape index (κ2) is 9.75. The smallest absolute Gasteiger partial charge is 0.165 e. The molecule has 27 heavy (non-hydrogen) atoms. The normalized spacial score (nSPS) is 11.9. The molecule has 1 heterocycles. The number of aromatic nitrogens is 2. The molecule has 142 valence electrons. The largest absolute Gasteiger partial charge is 0.493 e. The molecule has 2 aromatic carbocycles. The fourth-order valence-corrected chi connectivity index (χ4v) is 2.90. The number of aliphatic hydroxyl groups is 1. The molecule has 0 aliphatic carbocycles. The Morgan fingerprint density at radius 3 is 2.70 bits per heavy atom. The maximum atomic E-state index is 9.75. The summed E-state index contributed by atoms with van der Waals surface area (Å²) in [5.41, 5.74) is 2.03. The second-order valence-corrected chi connectivity index (χ2v) is 6.12. The molecule has 1 atom stereocenters. The van der Waals surface area contributed by atoms with Crippen LogP contribution in [-0.4, -0.2) is 35.0 Å². The van der Waals surface area contributed by atoms with Crippen molar-refractivity contribution in [2.45, 2.75) is 19.1 Å². The fraction of sp³-hybridized carbons (Fsp3) is 0.286. The summed E-state index contributed by atoms with van der Waals surface area (Å²) in [6.07, 6.45) is 5.41. The van der Waals surface area contributed by atoms with Gasteiger partial charge in [0, 0.05) is 24.5 Å². The average molecular weight is 367 g/mol. The van der Waals surface area contributed by atoms with E-state index in [1.807, 2.05) is 59.3 Å². The monoisotopic (exact) mass is 367 g/mol. The zero-order chi connectivity index (χ0) is 18.9. The van der Waals surface area contributed by atoms with Crippen molar-refractivity contribution in [1.82, 2.24) is 14.9 Å².